The smallest absolute Gasteiger partial charge is 0.144 e. The lowest BCUT2D eigenvalue weighted by atomic mass is 9.78. The van der Waals surface area contributed by atoms with Gasteiger partial charge in [0.05, 0.1) is 22.5 Å². The Morgan fingerprint density at radius 2 is 1.75 bits per heavy atom. The molecule has 1 aliphatic carbocycles. The molecule has 1 aromatic carbocycles. The van der Waals surface area contributed by atoms with Crippen molar-refractivity contribution in [3.63, 3.8) is 0 Å². The van der Waals surface area contributed by atoms with Crippen molar-refractivity contribution in [3.8, 4) is 5.69 Å². The molecule has 0 N–H and O–H groups in total. The van der Waals surface area contributed by atoms with E-state index in [0.717, 1.165) is 17.1 Å². The molecule has 0 atom stereocenters. The minimum Gasteiger partial charge on any atom is -0.299 e. The van der Waals surface area contributed by atoms with Crippen LogP contribution in [-0.2, 0) is 22.4 Å². The Morgan fingerprint density at radius 3 is 2.35 bits per heavy atom. The van der Waals surface area contributed by atoms with Gasteiger partial charge < -0.3 is 0 Å². The first kappa shape index (κ1) is 12.7. The molecule has 0 amide bonds. The summed E-state index contributed by atoms with van der Waals surface area (Å²) in [5.41, 5.74) is 1.56. The first-order valence-corrected chi connectivity index (χ1v) is 6.55. The summed E-state index contributed by atoms with van der Waals surface area (Å²) in [4.78, 5) is 23.9. The number of hydrogen-bond donors (Lipinski definition) is 0. The van der Waals surface area contributed by atoms with E-state index in [1.807, 2.05) is 30.3 Å². The molecule has 1 aromatic heterocycles. The van der Waals surface area contributed by atoms with E-state index in [-0.39, 0.29) is 11.6 Å². The SMILES string of the molecule is CC(=O)C1(C(C)=O)Cc2nnn(-c3ccccc3)c2C1. The number of aromatic nitrogens is 3. The largest absolute Gasteiger partial charge is 0.299 e. The molecule has 0 fully saturated rings. The molecule has 5 heteroatoms. The molecule has 20 heavy (non-hydrogen) atoms. The number of Topliss-reactive ketones (excluding diaryl/α,β-unsaturated/α-hetero) is 2. The molecule has 1 heterocycles. The molecule has 0 unspecified atom stereocenters. The van der Waals surface area contributed by atoms with Crippen LogP contribution in [0.2, 0.25) is 0 Å². The van der Waals surface area contributed by atoms with Gasteiger partial charge in [-0.3, -0.25) is 9.59 Å². The lowest BCUT2D eigenvalue weighted by Crippen LogP contribution is -2.37. The van der Waals surface area contributed by atoms with Crippen molar-refractivity contribution in [1.29, 1.82) is 0 Å². The summed E-state index contributed by atoms with van der Waals surface area (Å²) in [6.07, 6.45) is 0.745. The Hall–Kier alpha value is -2.30. The maximum atomic E-state index is 11.9. The Bertz CT molecular complexity index is 674. The van der Waals surface area contributed by atoms with Crippen LogP contribution in [0.1, 0.15) is 25.2 Å². The van der Waals surface area contributed by atoms with Gasteiger partial charge in [0.15, 0.2) is 0 Å². The van der Waals surface area contributed by atoms with Crippen molar-refractivity contribution in [2.75, 3.05) is 0 Å². The van der Waals surface area contributed by atoms with Crippen molar-refractivity contribution in [2.24, 2.45) is 5.41 Å². The number of carbonyl (C=O) groups is 2. The molecule has 5 nitrogen and oxygen atoms in total. The molecule has 0 spiro atoms. The third-order valence-electron chi connectivity index (χ3n) is 4.13. The molecule has 0 aliphatic heterocycles. The Kier molecular flexibility index (Phi) is 2.78. The third kappa shape index (κ3) is 1.70. The van der Waals surface area contributed by atoms with Gasteiger partial charge in [0.1, 0.15) is 11.6 Å². The molecule has 0 radical (unpaired) electrons. The Balaban J connectivity index is 2.06. The Morgan fingerprint density at radius 1 is 1.10 bits per heavy atom. The molecule has 0 bridgehead atoms. The second-order valence-electron chi connectivity index (χ2n) is 5.28. The molecule has 2 aromatic rings. The van der Waals surface area contributed by atoms with E-state index in [2.05, 4.69) is 10.3 Å². The summed E-state index contributed by atoms with van der Waals surface area (Å²) in [7, 11) is 0. The van der Waals surface area contributed by atoms with Crippen LogP contribution in [0.15, 0.2) is 30.3 Å². The highest BCUT2D eigenvalue weighted by Gasteiger charge is 2.48. The van der Waals surface area contributed by atoms with E-state index in [1.165, 1.54) is 13.8 Å². The van der Waals surface area contributed by atoms with Crippen molar-refractivity contribution in [2.45, 2.75) is 26.7 Å². The molecule has 0 saturated heterocycles. The summed E-state index contributed by atoms with van der Waals surface area (Å²) in [5, 5.41) is 8.28. The van der Waals surface area contributed by atoms with Gasteiger partial charge in [0, 0.05) is 12.8 Å². The van der Waals surface area contributed by atoms with Crippen molar-refractivity contribution < 1.29 is 9.59 Å². The van der Waals surface area contributed by atoms with Crippen LogP contribution < -0.4 is 0 Å². The number of para-hydroxylation sites is 1. The average molecular weight is 269 g/mol. The van der Waals surface area contributed by atoms with Crippen LogP contribution in [0, 0.1) is 5.41 Å². The van der Waals surface area contributed by atoms with Crippen molar-refractivity contribution in [3.05, 3.63) is 41.7 Å². The zero-order valence-electron chi connectivity index (χ0n) is 11.5. The summed E-state index contributed by atoms with van der Waals surface area (Å²) >= 11 is 0. The predicted octanol–water partition coefficient (Wildman–Crippen LogP) is 1.53. The highest BCUT2D eigenvalue weighted by Crippen LogP contribution is 2.38. The molecule has 0 saturated carbocycles. The highest BCUT2D eigenvalue weighted by molar-refractivity contribution is 6.06. The van der Waals surface area contributed by atoms with E-state index in [1.54, 1.807) is 4.68 Å². The second-order valence-corrected chi connectivity index (χ2v) is 5.28. The monoisotopic (exact) mass is 269 g/mol. The highest BCUT2D eigenvalue weighted by atomic mass is 16.2. The standard InChI is InChI=1S/C15H15N3O2/c1-10(19)15(11(2)20)8-13-14(9-15)18(17-16-13)12-6-4-3-5-7-12/h3-7H,8-9H2,1-2H3. The van der Waals surface area contributed by atoms with E-state index in [0.29, 0.717) is 12.8 Å². The second kappa shape index (κ2) is 4.37. The Labute approximate surface area is 116 Å². The number of ketones is 2. The van der Waals surface area contributed by atoms with Gasteiger partial charge >= 0.3 is 0 Å². The predicted molar refractivity (Wildman–Crippen MR) is 72.6 cm³/mol. The minimum atomic E-state index is -0.947. The minimum absolute atomic E-state index is 0.0948. The van der Waals surface area contributed by atoms with Gasteiger partial charge in [0.2, 0.25) is 0 Å². The molecular weight excluding hydrogens is 254 g/mol. The summed E-state index contributed by atoms with van der Waals surface area (Å²) in [6, 6.07) is 9.62. The molecule has 102 valence electrons. The first-order valence-electron chi connectivity index (χ1n) is 6.55. The summed E-state index contributed by atoms with van der Waals surface area (Å²) < 4.78 is 1.73. The van der Waals surface area contributed by atoms with Crippen LogP contribution >= 0.6 is 0 Å². The van der Waals surface area contributed by atoms with Gasteiger partial charge in [-0.1, -0.05) is 23.4 Å². The molecular formula is C15H15N3O2. The van der Waals surface area contributed by atoms with Crippen LogP contribution in [0.5, 0.6) is 0 Å². The molecule has 3 rings (SSSR count). The summed E-state index contributed by atoms with van der Waals surface area (Å²) in [5.74, 6) is -0.190. The number of nitrogens with zero attached hydrogens (tertiary/aromatic N) is 3. The average Bonchev–Trinajstić information content (AvgIpc) is 2.97. The van der Waals surface area contributed by atoms with Gasteiger partial charge in [-0.15, -0.1) is 5.10 Å². The van der Waals surface area contributed by atoms with E-state index in [4.69, 9.17) is 0 Å². The maximum Gasteiger partial charge on any atom is 0.144 e. The van der Waals surface area contributed by atoms with Gasteiger partial charge in [-0.25, -0.2) is 4.68 Å². The van der Waals surface area contributed by atoms with E-state index < -0.39 is 5.41 Å². The van der Waals surface area contributed by atoms with E-state index in [9.17, 15) is 9.59 Å². The van der Waals surface area contributed by atoms with Crippen LogP contribution in [0.25, 0.3) is 5.69 Å². The van der Waals surface area contributed by atoms with Crippen LogP contribution in [-0.4, -0.2) is 26.6 Å². The lowest BCUT2D eigenvalue weighted by Gasteiger charge is -2.22. The van der Waals surface area contributed by atoms with Gasteiger partial charge in [-0.2, -0.15) is 0 Å². The fourth-order valence-corrected chi connectivity index (χ4v) is 2.80. The van der Waals surface area contributed by atoms with Crippen molar-refractivity contribution in [1.82, 2.24) is 15.0 Å². The van der Waals surface area contributed by atoms with E-state index >= 15 is 0 Å². The topological polar surface area (TPSA) is 64.8 Å². The van der Waals surface area contributed by atoms with Crippen molar-refractivity contribution >= 4 is 11.6 Å². The number of fused-ring (bicyclic) bond motifs is 1. The lowest BCUT2D eigenvalue weighted by molar-refractivity contribution is -0.137. The van der Waals surface area contributed by atoms with Gasteiger partial charge in [-0.05, 0) is 26.0 Å². The number of rotatable bonds is 3. The third-order valence-corrected chi connectivity index (χ3v) is 4.13. The van der Waals surface area contributed by atoms with Crippen LogP contribution in [0.3, 0.4) is 0 Å². The normalized spacial score (nSPS) is 15.9. The fourth-order valence-electron chi connectivity index (χ4n) is 2.80. The number of carbonyl (C=O) groups excluding carboxylic acids is 2. The maximum absolute atomic E-state index is 11.9. The quantitative estimate of drug-likeness (QED) is 0.793. The summed E-state index contributed by atoms with van der Waals surface area (Å²) in [6.45, 7) is 2.96. The zero-order valence-corrected chi connectivity index (χ0v) is 11.5. The molecule has 1 aliphatic rings. The fraction of sp³-hybridized carbons (Fsp3) is 0.333. The number of hydrogen-bond acceptors (Lipinski definition) is 4. The first-order chi connectivity index (χ1) is 9.54. The van der Waals surface area contributed by atoms with Crippen LogP contribution in [0.4, 0.5) is 0 Å². The van der Waals surface area contributed by atoms with Gasteiger partial charge in [0.25, 0.3) is 0 Å². The number of benzene rings is 1. The zero-order chi connectivity index (χ0) is 14.3.